The fourth-order valence-corrected chi connectivity index (χ4v) is 3.01. The molecule has 2 heterocycles. The fraction of sp³-hybridized carbons (Fsp3) is 0.737. The Morgan fingerprint density at radius 2 is 1.82 bits per heavy atom. The minimum atomic E-state index is -0.487. The highest BCUT2D eigenvalue weighted by Crippen LogP contribution is 2.22. The van der Waals surface area contributed by atoms with Gasteiger partial charge < -0.3 is 24.8 Å². The summed E-state index contributed by atoms with van der Waals surface area (Å²) < 4.78 is 10.8. The van der Waals surface area contributed by atoms with E-state index in [9.17, 15) is 4.79 Å². The number of hydrogen-bond acceptors (Lipinski definition) is 5. The second-order valence-corrected chi connectivity index (χ2v) is 7.86. The molecule has 1 fully saturated rings. The van der Waals surface area contributed by atoms with Crippen LogP contribution in [-0.2, 0) is 11.3 Å². The molecule has 0 atom stereocenters. The second-order valence-electron chi connectivity index (χ2n) is 7.86. The molecule has 2 N–H and O–H groups in total. The van der Waals surface area contributed by atoms with Gasteiger partial charge in [-0.05, 0) is 33.6 Å². The zero-order valence-electron chi connectivity index (χ0n) is 17.6. The highest BCUT2D eigenvalue weighted by Gasteiger charge is 2.26. The van der Waals surface area contributed by atoms with E-state index in [2.05, 4.69) is 24.0 Å². The zero-order valence-corrected chi connectivity index (χ0v) is 19.9. The number of aromatic nitrogens is 1. The largest absolute Gasteiger partial charge is 0.444 e. The van der Waals surface area contributed by atoms with Crippen molar-refractivity contribution in [2.24, 2.45) is 10.7 Å². The summed E-state index contributed by atoms with van der Waals surface area (Å²) in [6.07, 6.45) is 1.79. The number of piperazine rings is 1. The van der Waals surface area contributed by atoms with Gasteiger partial charge in [-0.2, -0.15) is 0 Å². The van der Waals surface area contributed by atoms with Crippen LogP contribution in [0.3, 0.4) is 0 Å². The van der Waals surface area contributed by atoms with Gasteiger partial charge in [0.25, 0.3) is 0 Å². The van der Waals surface area contributed by atoms with E-state index in [1.807, 2.05) is 31.7 Å². The number of rotatable bonds is 5. The molecule has 0 saturated carbocycles. The Balaban J connectivity index is 0.00000392. The monoisotopic (exact) mass is 507 g/mol. The summed E-state index contributed by atoms with van der Waals surface area (Å²) in [4.78, 5) is 20.2. The predicted octanol–water partition coefficient (Wildman–Crippen LogP) is 3.56. The third-order valence-electron chi connectivity index (χ3n) is 4.63. The molecule has 0 unspecified atom stereocenters. The molecule has 2 rings (SSSR count). The summed E-state index contributed by atoms with van der Waals surface area (Å²) in [6, 6.07) is 1.97. The average molecular weight is 507 g/mol. The number of amides is 1. The Morgan fingerprint density at radius 3 is 2.36 bits per heavy atom. The van der Waals surface area contributed by atoms with E-state index < -0.39 is 5.60 Å². The van der Waals surface area contributed by atoms with Crippen molar-refractivity contribution >= 4 is 36.0 Å². The van der Waals surface area contributed by atoms with Crippen molar-refractivity contribution in [3.8, 4) is 0 Å². The first-order valence-corrected chi connectivity index (χ1v) is 9.71. The number of guanidine groups is 1. The number of hydrogen-bond donors (Lipinski definition) is 1. The molecule has 28 heavy (non-hydrogen) atoms. The maximum atomic E-state index is 12.1. The Morgan fingerprint density at radius 1 is 1.25 bits per heavy atom. The quantitative estimate of drug-likeness (QED) is 0.372. The lowest BCUT2D eigenvalue weighted by atomic mass is 9.99. The lowest BCUT2D eigenvalue weighted by Gasteiger charge is -2.36. The van der Waals surface area contributed by atoms with Gasteiger partial charge in [0, 0.05) is 38.2 Å². The number of halogens is 1. The minimum absolute atomic E-state index is 0. The predicted molar refractivity (Wildman–Crippen MR) is 120 cm³/mol. The van der Waals surface area contributed by atoms with E-state index in [0.29, 0.717) is 50.4 Å². The number of nitrogens with two attached hydrogens (primary N) is 1. The smallest absolute Gasteiger partial charge is 0.410 e. The molecule has 0 aliphatic carbocycles. The van der Waals surface area contributed by atoms with Crippen LogP contribution in [0.1, 0.15) is 64.8 Å². The third-order valence-corrected chi connectivity index (χ3v) is 4.63. The molecule has 9 heteroatoms. The number of carbonyl (C=O) groups is 1. The summed E-state index contributed by atoms with van der Waals surface area (Å²) in [5.41, 5.74) is 6.61. The van der Waals surface area contributed by atoms with Crippen LogP contribution in [0, 0.1) is 0 Å². The maximum absolute atomic E-state index is 12.1. The molecule has 8 nitrogen and oxygen atoms in total. The Hall–Kier alpha value is -1.52. The SMILES string of the molecule is CCC(CC)c1cc(CN=C(N)N2CCN(C(=O)OC(C)(C)C)CC2)on1.I. The van der Waals surface area contributed by atoms with E-state index in [-0.39, 0.29) is 30.1 Å². The lowest BCUT2D eigenvalue weighted by Crippen LogP contribution is -2.53. The van der Waals surface area contributed by atoms with E-state index in [1.54, 1.807) is 4.90 Å². The first-order valence-electron chi connectivity index (χ1n) is 9.71. The number of carbonyl (C=O) groups excluding carboxylic acids is 1. The summed E-state index contributed by atoms with van der Waals surface area (Å²) in [7, 11) is 0. The van der Waals surface area contributed by atoms with Crippen molar-refractivity contribution in [3.05, 3.63) is 17.5 Å². The van der Waals surface area contributed by atoms with Gasteiger partial charge in [-0.3, -0.25) is 0 Å². The zero-order chi connectivity index (χ0) is 20.0. The van der Waals surface area contributed by atoms with E-state index in [4.69, 9.17) is 15.0 Å². The highest BCUT2D eigenvalue weighted by atomic mass is 127. The fourth-order valence-electron chi connectivity index (χ4n) is 3.01. The Kier molecular flexibility index (Phi) is 9.52. The van der Waals surface area contributed by atoms with Crippen LogP contribution in [0.2, 0.25) is 0 Å². The van der Waals surface area contributed by atoms with Gasteiger partial charge in [0.05, 0.1) is 5.69 Å². The van der Waals surface area contributed by atoms with Gasteiger partial charge in [-0.15, -0.1) is 24.0 Å². The standard InChI is InChI=1S/C19H33N5O3.HI/c1-6-14(7-2)16-12-15(27-22-16)13-21-17(20)23-8-10-24(11-9-23)18(25)26-19(3,4)5;/h12,14H,6-11,13H2,1-5H3,(H2,20,21);1H. The van der Waals surface area contributed by atoms with Crippen LogP contribution in [0.5, 0.6) is 0 Å². The van der Waals surface area contributed by atoms with Crippen LogP contribution >= 0.6 is 24.0 Å². The molecule has 160 valence electrons. The van der Waals surface area contributed by atoms with Gasteiger partial charge in [0.2, 0.25) is 0 Å². The molecule has 1 aliphatic rings. The van der Waals surface area contributed by atoms with Gasteiger partial charge in [0.15, 0.2) is 11.7 Å². The average Bonchev–Trinajstić information content (AvgIpc) is 3.08. The summed E-state index contributed by atoms with van der Waals surface area (Å²) in [6.45, 7) is 12.6. The molecule has 1 aromatic rings. The van der Waals surface area contributed by atoms with E-state index in [1.165, 1.54) is 0 Å². The Labute approximate surface area is 184 Å². The number of aliphatic imine (C=N–C) groups is 1. The summed E-state index contributed by atoms with van der Waals surface area (Å²) in [5.74, 6) is 1.59. The first-order chi connectivity index (χ1) is 12.7. The molecular formula is C19H34IN5O3. The van der Waals surface area contributed by atoms with Gasteiger partial charge in [-0.1, -0.05) is 19.0 Å². The lowest BCUT2D eigenvalue weighted by molar-refractivity contribution is 0.0186. The summed E-state index contributed by atoms with van der Waals surface area (Å²) in [5, 5.41) is 4.15. The van der Waals surface area contributed by atoms with Crippen LogP contribution in [0.15, 0.2) is 15.6 Å². The van der Waals surface area contributed by atoms with Crippen molar-refractivity contribution in [1.29, 1.82) is 0 Å². The molecule has 0 aromatic carbocycles. The topological polar surface area (TPSA) is 97.2 Å². The number of ether oxygens (including phenoxy) is 1. The molecule has 0 bridgehead atoms. The van der Waals surface area contributed by atoms with Crippen LogP contribution in [0.25, 0.3) is 0 Å². The van der Waals surface area contributed by atoms with Crippen molar-refractivity contribution in [2.75, 3.05) is 26.2 Å². The van der Waals surface area contributed by atoms with E-state index >= 15 is 0 Å². The van der Waals surface area contributed by atoms with Gasteiger partial charge in [-0.25, -0.2) is 9.79 Å². The normalized spacial score (nSPS) is 15.6. The molecule has 1 aliphatic heterocycles. The molecule has 0 spiro atoms. The number of nitrogens with zero attached hydrogens (tertiary/aromatic N) is 4. The van der Waals surface area contributed by atoms with Crippen molar-refractivity contribution in [2.45, 2.75) is 65.5 Å². The third kappa shape index (κ3) is 7.14. The molecule has 0 radical (unpaired) electrons. The molecule has 1 amide bonds. The summed E-state index contributed by atoms with van der Waals surface area (Å²) >= 11 is 0. The van der Waals surface area contributed by atoms with Gasteiger partial charge >= 0.3 is 6.09 Å². The first kappa shape index (κ1) is 24.5. The van der Waals surface area contributed by atoms with Crippen molar-refractivity contribution < 1.29 is 14.1 Å². The minimum Gasteiger partial charge on any atom is -0.444 e. The second kappa shape index (κ2) is 10.9. The molecular weight excluding hydrogens is 473 g/mol. The van der Waals surface area contributed by atoms with Crippen molar-refractivity contribution in [3.63, 3.8) is 0 Å². The van der Waals surface area contributed by atoms with Crippen molar-refractivity contribution in [1.82, 2.24) is 15.0 Å². The van der Waals surface area contributed by atoms with Crippen LogP contribution in [-0.4, -0.2) is 58.8 Å². The molecule has 1 aromatic heterocycles. The molecule has 1 saturated heterocycles. The maximum Gasteiger partial charge on any atom is 0.410 e. The highest BCUT2D eigenvalue weighted by molar-refractivity contribution is 14.0. The van der Waals surface area contributed by atoms with Crippen LogP contribution < -0.4 is 5.73 Å². The van der Waals surface area contributed by atoms with Gasteiger partial charge in [0.1, 0.15) is 12.1 Å². The van der Waals surface area contributed by atoms with E-state index in [0.717, 1.165) is 18.5 Å². The van der Waals surface area contributed by atoms with Crippen LogP contribution in [0.4, 0.5) is 4.79 Å². The Bertz CT molecular complexity index is 644.